The Balaban J connectivity index is 1.45. The minimum atomic E-state index is -3.15. The molecule has 5 rings (SSSR count). The Hall–Kier alpha value is -1.52. The summed E-state index contributed by atoms with van der Waals surface area (Å²) in [6.07, 6.45) is 10.2. The second-order valence-corrected chi connectivity index (χ2v) is 11.8. The molecule has 1 atom stereocenters. The molecule has 3 aliphatic rings. The number of hydrogen-bond acceptors (Lipinski definition) is 6. The highest BCUT2D eigenvalue weighted by atomic mass is 79.9. The first-order chi connectivity index (χ1) is 14.3. The lowest BCUT2D eigenvalue weighted by Crippen LogP contribution is -2.42. The molecule has 2 aromatic rings. The molecule has 1 spiro atoms. The van der Waals surface area contributed by atoms with E-state index in [-0.39, 0.29) is 23.1 Å². The van der Waals surface area contributed by atoms with Crippen molar-refractivity contribution in [3.05, 3.63) is 27.1 Å². The highest BCUT2D eigenvalue weighted by Gasteiger charge is 2.53. The summed E-state index contributed by atoms with van der Waals surface area (Å²) < 4.78 is 27.4. The largest absolute Gasteiger partial charge is 0.351 e. The third-order valence-corrected chi connectivity index (χ3v) is 8.92. The number of piperidine rings is 1. The molecular formula is C20H26BrN5O3S. The SMILES string of the molecule is CS(=O)(=O)N1CCC(Nc2ncc3cc(Br)c(=O)n(C4CCCC45CC5)c3n2)CC1. The van der Waals surface area contributed by atoms with Crippen molar-refractivity contribution in [1.82, 2.24) is 18.8 Å². The molecular weight excluding hydrogens is 470 g/mol. The van der Waals surface area contributed by atoms with Gasteiger partial charge in [-0.2, -0.15) is 4.98 Å². The summed E-state index contributed by atoms with van der Waals surface area (Å²) in [5, 5.41) is 4.21. The van der Waals surface area contributed by atoms with Crippen LogP contribution in [0.1, 0.15) is 51.0 Å². The molecule has 2 aromatic heterocycles. The van der Waals surface area contributed by atoms with Gasteiger partial charge in [0.15, 0.2) is 0 Å². The van der Waals surface area contributed by atoms with Crippen LogP contribution in [-0.2, 0) is 10.0 Å². The number of pyridine rings is 1. The molecule has 2 saturated carbocycles. The summed E-state index contributed by atoms with van der Waals surface area (Å²) in [5.74, 6) is 0.499. The Morgan fingerprint density at radius 3 is 2.60 bits per heavy atom. The van der Waals surface area contributed by atoms with Crippen molar-refractivity contribution in [2.24, 2.45) is 5.41 Å². The number of rotatable bonds is 4. The molecule has 0 amide bonds. The normalized spacial score (nSPS) is 24.5. The van der Waals surface area contributed by atoms with E-state index in [1.807, 2.05) is 4.57 Å². The maximum absolute atomic E-state index is 13.1. The van der Waals surface area contributed by atoms with Crippen molar-refractivity contribution in [1.29, 1.82) is 0 Å². The number of halogens is 1. The fourth-order valence-corrected chi connectivity index (χ4v) is 6.54. The molecule has 10 heteroatoms. The number of hydrogen-bond donors (Lipinski definition) is 1. The van der Waals surface area contributed by atoms with Crippen molar-refractivity contribution in [3.8, 4) is 0 Å². The third-order valence-electron chi connectivity index (χ3n) is 7.05. The van der Waals surface area contributed by atoms with Crippen LogP contribution in [0.3, 0.4) is 0 Å². The predicted molar refractivity (Wildman–Crippen MR) is 119 cm³/mol. The summed E-state index contributed by atoms with van der Waals surface area (Å²) in [4.78, 5) is 22.3. The fraction of sp³-hybridized carbons (Fsp3) is 0.650. The van der Waals surface area contributed by atoms with Gasteiger partial charge in [0.05, 0.1) is 10.7 Å². The molecule has 0 aromatic carbocycles. The molecule has 3 fully saturated rings. The van der Waals surface area contributed by atoms with E-state index < -0.39 is 10.0 Å². The topological polar surface area (TPSA) is 97.2 Å². The molecule has 8 nitrogen and oxygen atoms in total. The predicted octanol–water partition coefficient (Wildman–Crippen LogP) is 2.90. The Morgan fingerprint density at radius 1 is 1.20 bits per heavy atom. The minimum Gasteiger partial charge on any atom is -0.351 e. The number of nitrogens with zero attached hydrogens (tertiary/aromatic N) is 4. The number of fused-ring (bicyclic) bond motifs is 1. The number of aromatic nitrogens is 3. The van der Waals surface area contributed by atoms with Gasteiger partial charge in [-0.3, -0.25) is 9.36 Å². The first-order valence-corrected chi connectivity index (χ1v) is 13.2. The second-order valence-electron chi connectivity index (χ2n) is 8.99. The average Bonchev–Trinajstić information content (AvgIpc) is 3.36. The van der Waals surface area contributed by atoms with E-state index in [9.17, 15) is 13.2 Å². The molecule has 1 unspecified atom stereocenters. The van der Waals surface area contributed by atoms with E-state index in [1.165, 1.54) is 29.8 Å². The molecule has 0 radical (unpaired) electrons. The van der Waals surface area contributed by atoms with Crippen molar-refractivity contribution < 1.29 is 8.42 Å². The lowest BCUT2D eigenvalue weighted by atomic mass is 10.00. The molecule has 1 saturated heterocycles. The van der Waals surface area contributed by atoms with Crippen molar-refractivity contribution in [2.75, 3.05) is 24.7 Å². The Kier molecular flexibility index (Phi) is 4.94. The van der Waals surface area contributed by atoms with Gasteiger partial charge in [0.25, 0.3) is 5.56 Å². The lowest BCUT2D eigenvalue weighted by Gasteiger charge is -2.30. The van der Waals surface area contributed by atoms with Gasteiger partial charge in [0.2, 0.25) is 16.0 Å². The quantitative estimate of drug-likeness (QED) is 0.700. The number of anilines is 1. The van der Waals surface area contributed by atoms with Crippen LogP contribution in [0.25, 0.3) is 11.0 Å². The summed E-state index contributed by atoms with van der Waals surface area (Å²) in [7, 11) is -3.15. The molecule has 30 heavy (non-hydrogen) atoms. The maximum atomic E-state index is 13.1. The lowest BCUT2D eigenvalue weighted by molar-refractivity contribution is 0.331. The molecule has 2 aliphatic carbocycles. The third kappa shape index (κ3) is 3.56. The highest BCUT2D eigenvalue weighted by Crippen LogP contribution is 2.63. The first-order valence-electron chi connectivity index (χ1n) is 10.6. The van der Waals surface area contributed by atoms with E-state index in [2.05, 4.69) is 26.2 Å². The van der Waals surface area contributed by atoms with Crippen molar-refractivity contribution in [3.63, 3.8) is 0 Å². The summed E-state index contributed by atoms with van der Waals surface area (Å²) >= 11 is 3.43. The van der Waals surface area contributed by atoms with Gasteiger partial charge in [-0.05, 0) is 65.9 Å². The summed E-state index contributed by atoms with van der Waals surface area (Å²) in [6, 6.07) is 2.11. The number of nitrogens with one attached hydrogen (secondary N) is 1. The molecule has 3 heterocycles. The van der Waals surface area contributed by atoms with Crippen molar-refractivity contribution >= 4 is 42.9 Å². The fourth-order valence-electron chi connectivity index (χ4n) is 5.23. The zero-order valence-corrected chi connectivity index (χ0v) is 19.4. The Labute approximate surface area is 184 Å². The van der Waals surface area contributed by atoms with Gasteiger partial charge in [-0.25, -0.2) is 17.7 Å². The van der Waals surface area contributed by atoms with Gasteiger partial charge in [-0.1, -0.05) is 6.42 Å². The maximum Gasteiger partial charge on any atom is 0.266 e. The monoisotopic (exact) mass is 495 g/mol. The van der Waals surface area contributed by atoms with Crippen LogP contribution in [0.4, 0.5) is 5.95 Å². The second kappa shape index (κ2) is 7.27. The van der Waals surface area contributed by atoms with Gasteiger partial charge in [0.1, 0.15) is 5.65 Å². The summed E-state index contributed by atoms with van der Waals surface area (Å²) in [6.45, 7) is 0.985. The van der Waals surface area contributed by atoms with Gasteiger partial charge >= 0.3 is 0 Å². The smallest absolute Gasteiger partial charge is 0.266 e. The van der Waals surface area contributed by atoms with E-state index in [0.29, 0.717) is 42.0 Å². The molecule has 1 N–H and O–H groups in total. The van der Waals surface area contributed by atoms with Crippen LogP contribution in [0.15, 0.2) is 21.5 Å². The van der Waals surface area contributed by atoms with Crippen LogP contribution in [-0.4, -0.2) is 52.6 Å². The first kappa shape index (κ1) is 20.4. The molecule has 0 bridgehead atoms. The van der Waals surface area contributed by atoms with E-state index in [4.69, 9.17) is 4.98 Å². The van der Waals surface area contributed by atoms with Crippen LogP contribution in [0, 0.1) is 5.41 Å². The minimum absolute atomic E-state index is 0.0215. The average molecular weight is 496 g/mol. The zero-order valence-electron chi connectivity index (χ0n) is 17.0. The van der Waals surface area contributed by atoms with Crippen LogP contribution < -0.4 is 10.9 Å². The van der Waals surface area contributed by atoms with Gasteiger partial charge in [0, 0.05) is 36.8 Å². The standard InChI is InChI=1S/C20H26BrN5O3S/c1-30(28,29)25-9-4-14(5-10-25)23-19-22-12-13-11-15(21)18(27)26(17(13)24-19)16-3-2-6-20(16)7-8-20/h11-12,14,16H,2-10H2,1H3,(H,22,23,24). The van der Waals surface area contributed by atoms with E-state index >= 15 is 0 Å². The Morgan fingerprint density at radius 2 is 1.93 bits per heavy atom. The van der Waals surface area contributed by atoms with Crippen molar-refractivity contribution in [2.45, 2.75) is 57.0 Å². The van der Waals surface area contributed by atoms with Crippen LogP contribution in [0.2, 0.25) is 0 Å². The van der Waals surface area contributed by atoms with Gasteiger partial charge in [-0.15, -0.1) is 0 Å². The highest BCUT2D eigenvalue weighted by molar-refractivity contribution is 9.10. The van der Waals surface area contributed by atoms with Crippen LogP contribution >= 0.6 is 15.9 Å². The zero-order chi connectivity index (χ0) is 21.1. The number of sulfonamides is 1. The summed E-state index contributed by atoms with van der Waals surface area (Å²) in [5.41, 5.74) is 0.938. The van der Waals surface area contributed by atoms with Crippen LogP contribution in [0.5, 0.6) is 0 Å². The van der Waals surface area contributed by atoms with Gasteiger partial charge < -0.3 is 5.32 Å². The van der Waals surface area contributed by atoms with E-state index in [0.717, 1.165) is 18.2 Å². The molecule has 162 valence electrons. The Bertz CT molecular complexity index is 1150. The van der Waals surface area contributed by atoms with E-state index in [1.54, 1.807) is 12.3 Å². The molecule has 1 aliphatic heterocycles.